The van der Waals surface area contributed by atoms with Crippen molar-refractivity contribution in [2.45, 2.75) is 18.2 Å². The van der Waals surface area contributed by atoms with Crippen molar-refractivity contribution in [2.75, 3.05) is 13.1 Å². The molecule has 0 bridgehead atoms. The molecule has 3 rings (SSSR count). The van der Waals surface area contributed by atoms with Crippen LogP contribution >= 0.6 is 11.6 Å². The van der Waals surface area contributed by atoms with E-state index in [1.807, 2.05) is 35.2 Å². The van der Waals surface area contributed by atoms with Crippen molar-refractivity contribution in [2.24, 2.45) is 0 Å². The van der Waals surface area contributed by atoms with E-state index >= 15 is 0 Å². The predicted molar refractivity (Wildman–Crippen MR) is 76.5 cm³/mol. The Hall–Kier alpha value is -1.61. The van der Waals surface area contributed by atoms with Crippen molar-refractivity contribution < 1.29 is 4.79 Å². The molecule has 1 atom stereocenters. The first kappa shape index (κ1) is 12.4. The molecular formula is C15H15ClN2O. The zero-order valence-corrected chi connectivity index (χ0v) is 11.3. The third kappa shape index (κ3) is 2.56. The number of rotatable bonds is 1. The number of pyridine rings is 1. The maximum Gasteiger partial charge on any atom is 0.253 e. The van der Waals surface area contributed by atoms with E-state index in [4.69, 9.17) is 11.6 Å². The van der Waals surface area contributed by atoms with Crippen LogP contribution in [0.1, 0.15) is 23.2 Å². The number of aromatic nitrogens is 1. The molecule has 1 aliphatic heterocycles. The average Bonchev–Trinajstić information content (AvgIpc) is 2.46. The predicted octanol–water partition coefficient (Wildman–Crippen LogP) is 3.08. The summed E-state index contributed by atoms with van der Waals surface area (Å²) in [7, 11) is 0. The second-order valence-corrected chi connectivity index (χ2v) is 5.52. The molecule has 1 unspecified atom stereocenters. The van der Waals surface area contributed by atoms with Gasteiger partial charge in [-0.05, 0) is 37.1 Å². The molecule has 0 radical (unpaired) electrons. The molecule has 2 heterocycles. The van der Waals surface area contributed by atoms with Gasteiger partial charge in [0, 0.05) is 30.2 Å². The monoisotopic (exact) mass is 274 g/mol. The largest absolute Gasteiger partial charge is 0.337 e. The molecule has 1 amide bonds. The van der Waals surface area contributed by atoms with Gasteiger partial charge in [0.1, 0.15) is 0 Å². The lowest BCUT2D eigenvalue weighted by molar-refractivity contribution is 0.0727. The molecule has 0 spiro atoms. The third-order valence-corrected chi connectivity index (χ3v) is 3.86. The number of hydrogen-bond acceptors (Lipinski definition) is 2. The molecule has 1 aliphatic rings. The maximum absolute atomic E-state index is 12.4. The van der Waals surface area contributed by atoms with E-state index in [0.717, 1.165) is 30.3 Å². The molecular weight excluding hydrogens is 260 g/mol. The van der Waals surface area contributed by atoms with Crippen LogP contribution in [0.4, 0.5) is 0 Å². The molecule has 1 saturated heterocycles. The van der Waals surface area contributed by atoms with Crippen molar-refractivity contribution >= 4 is 28.4 Å². The Bertz CT molecular complexity index is 614. The fourth-order valence-corrected chi connectivity index (χ4v) is 2.82. The van der Waals surface area contributed by atoms with Gasteiger partial charge in [0.2, 0.25) is 0 Å². The topological polar surface area (TPSA) is 33.2 Å². The first-order valence-electron chi connectivity index (χ1n) is 6.52. The van der Waals surface area contributed by atoms with Crippen LogP contribution in [-0.4, -0.2) is 34.3 Å². The first-order chi connectivity index (χ1) is 9.24. The minimum absolute atomic E-state index is 0.0658. The molecule has 0 N–H and O–H groups in total. The van der Waals surface area contributed by atoms with E-state index in [1.54, 1.807) is 6.20 Å². The van der Waals surface area contributed by atoms with E-state index in [0.29, 0.717) is 12.1 Å². The van der Waals surface area contributed by atoms with E-state index in [-0.39, 0.29) is 11.3 Å². The Balaban J connectivity index is 1.88. The first-order valence-corrected chi connectivity index (χ1v) is 6.96. The lowest BCUT2D eigenvalue weighted by Gasteiger charge is -2.29. The van der Waals surface area contributed by atoms with Crippen LogP contribution in [0.25, 0.3) is 10.9 Å². The molecule has 1 aromatic carbocycles. The smallest absolute Gasteiger partial charge is 0.253 e. The van der Waals surface area contributed by atoms with E-state index in [1.165, 1.54) is 0 Å². The second-order valence-electron chi connectivity index (χ2n) is 4.90. The van der Waals surface area contributed by atoms with Gasteiger partial charge in [0.05, 0.1) is 10.9 Å². The fraction of sp³-hybridized carbons (Fsp3) is 0.333. The highest BCUT2D eigenvalue weighted by atomic mass is 35.5. The summed E-state index contributed by atoms with van der Waals surface area (Å²) in [6, 6.07) is 9.49. The Morgan fingerprint density at radius 2 is 2.26 bits per heavy atom. The van der Waals surface area contributed by atoms with Crippen LogP contribution in [0.2, 0.25) is 0 Å². The SMILES string of the molecule is O=C(c1ccc2ncccc2c1)N1CCCC(Cl)C1. The van der Waals surface area contributed by atoms with Crippen LogP contribution in [0.15, 0.2) is 36.5 Å². The highest BCUT2D eigenvalue weighted by Gasteiger charge is 2.23. The minimum Gasteiger partial charge on any atom is -0.337 e. The minimum atomic E-state index is 0.0658. The number of benzene rings is 1. The van der Waals surface area contributed by atoms with Crippen LogP contribution in [0, 0.1) is 0 Å². The number of fused-ring (bicyclic) bond motifs is 1. The number of halogens is 1. The Labute approximate surface area is 117 Å². The van der Waals surface area contributed by atoms with E-state index in [2.05, 4.69) is 4.98 Å². The van der Waals surface area contributed by atoms with Crippen molar-refractivity contribution in [3.63, 3.8) is 0 Å². The number of carbonyl (C=O) groups is 1. The van der Waals surface area contributed by atoms with Gasteiger partial charge in [-0.15, -0.1) is 11.6 Å². The van der Waals surface area contributed by atoms with Crippen LogP contribution < -0.4 is 0 Å². The van der Waals surface area contributed by atoms with Gasteiger partial charge in [-0.25, -0.2) is 0 Å². The molecule has 0 saturated carbocycles. The van der Waals surface area contributed by atoms with Crippen LogP contribution in [0.3, 0.4) is 0 Å². The number of hydrogen-bond donors (Lipinski definition) is 0. The Morgan fingerprint density at radius 3 is 3.11 bits per heavy atom. The fourth-order valence-electron chi connectivity index (χ4n) is 2.50. The zero-order valence-electron chi connectivity index (χ0n) is 10.6. The molecule has 98 valence electrons. The Morgan fingerprint density at radius 1 is 1.37 bits per heavy atom. The van der Waals surface area contributed by atoms with Gasteiger partial charge >= 0.3 is 0 Å². The summed E-state index contributed by atoms with van der Waals surface area (Å²) in [5.74, 6) is 0.0658. The average molecular weight is 275 g/mol. The van der Waals surface area contributed by atoms with Gasteiger partial charge < -0.3 is 4.90 Å². The van der Waals surface area contributed by atoms with Crippen molar-refractivity contribution in [3.05, 3.63) is 42.1 Å². The van der Waals surface area contributed by atoms with Gasteiger partial charge in [0.15, 0.2) is 0 Å². The number of amides is 1. The lowest BCUT2D eigenvalue weighted by Crippen LogP contribution is -2.40. The number of piperidine rings is 1. The van der Waals surface area contributed by atoms with E-state index in [9.17, 15) is 4.79 Å². The molecule has 1 fully saturated rings. The van der Waals surface area contributed by atoms with Crippen LogP contribution in [0.5, 0.6) is 0 Å². The number of nitrogens with zero attached hydrogens (tertiary/aromatic N) is 2. The summed E-state index contributed by atoms with van der Waals surface area (Å²) in [5.41, 5.74) is 1.62. The lowest BCUT2D eigenvalue weighted by atomic mass is 10.1. The number of alkyl halides is 1. The number of likely N-dealkylation sites (tertiary alicyclic amines) is 1. The summed E-state index contributed by atoms with van der Waals surface area (Å²) in [4.78, 5) is 18.5. The molecule has 4 heteroatoms. The zero-order chi connectivity index (χ0) is 13.2. The molecule has 1 aromatic heterocycles. The van der Waals surface area contributed by atoms with Gasteiger partial charge in [-0.2, -0.15) is 0 Å². The van der Waals surface area contributed by atoms with E-state index < -0.39 is 0 Å². The van der Waals surface area contributed by atoms with Gasteiger partial charge in [0.25, 0.3) is 5.91 Å². The normalized spacial score (nSPS) is 19.6. The maximum atomic E-state index is 12.4. The van der Waals surface area contributed by atoms with Gasteiger partial charge in [-0.1, -0.05) is 6.07 Å². The molecule has 3 nitrogen and oxygen atoms in total. The third-order valence-electron chi connectivity index (χ3n) is 3.50. The molecule has 2 aromatic rings. The molecule has 0 aliphatic carbocycles. The summed E-state index contributed by atoms with van der Waals surface area (Å²) in [5, 5.41) is 1.08. The quantitative estimate of drug-likeness (QED) is 0.749. The summed E-state index contributed by atoms with van der Waals surface area (Å²) in [6.45, 7) is 1.44. The number of carbonyl (C=O) groups excluding carboxylic acids is 1. The van der Waals surface area contributed by atoms with Gasteiger partial charge in [-0.3, -0.25) is 9.78 Å². The highest BCUT2D eigenvalue weighted by Crippen LogP contribution is 2.19. The standard InChI is InChI=1S/C15H15ClN2O/c16-13-4-2-8-18(10-13)15(19)12-5-6-14-11(9-12)3-1-7-17-14/h1,3,5-7,9,13H,2,4,8,10H2. The summed E-state index contributed by atoms with van der Waals surface area (Å²) in [6.07, 6.45) is 3.73. The summed E-state index contributed by atoms with van der Waals surface area (Å²) >= 11 is 6.13. The van der Waals surface area contributed by atoms with Crippen LogP contribution in [-0.2, 0) is 0 Å². The van der Waals surface area contributed by atoms with Crippen molar-refractivity contribution in [3.8, 4) is 0 Å². The Kier molecular flexibility index (Phi) is 3.38. The van der Waals surface area contributed by atoms with Crippen molar-refractivity contribution in [1.29, 1.82) is 0 Å². The second kappa shape index (κ2) is 5.17. The highest BCUT2D eigenvalue weighted by molar-refractivity contribution is 6.21. The summed E-state index contributed by atoms with van der Waals surface area (Å²) < 4.78 is 0. The van der Waals surface area contributed by atoms with Crippen molar-refractivity contribution in [1.82, 2.24) is 9.88 Å². The molecule has 19 heavy (non-hydrogen) atoms.